The van der Waals surface area contributed by atoms with Crippen LogP contribution in [0.4, 0.5) is 0 Å². The third-order valence-corrected chi connectivity index (χ3v) is 3.08. The van der Waals surface area contributed by atoms with Gasteiger partial charge in [0.2, 0.25) is 0 Å². The molecule has 0 aliphatic rings. The zero-order valence-corrected chi connectivity index (χ0v) is 12.7. The van der Waals surface area contributed by atoms with Crippen LogP contribution in [-0.2, 0) is 9.53 Å². The molecule has 0 saturated carbocycles. The third kappa shape index (κ3) is 6.21. The van der Waals surface area contributed by atoms with Crippen LogP contribution < -0.4 is 0 Å². The number of halogens is 1. The van der Waals surface area contributed by atoms with Gasteiger partial charge in [0.1, 0.15) is 6.10 Å². The van der Waals surface area contributed by atoms with Gasteiger partial charge in [-0.2, -0.15) is 0 Å². The first-order valence-corrected chi connectivity index (χ1v) is 7.16. The first-order chi connectivity index (χ1) is 8.08. The summed E-state index contributed by atoms with van der Waals surface area (Å²) in [4.78, 5) is 11.6. The molecule has 4 heteroatoms. The molecule has 1 atom stereocenters. The van der Waals surface area contributed by atoms with Crippen molar-refractivity contribution in [2.75, 3.05) is 6.61 Å². The van der Waals surface area contributed by atoms with Gasteiger partial charge in [0.15, 0.2) is 0 Å². The minimum atomic E-state index is -0.914. The van der Waals surface area contributed by atoms with E-state index in [1.807, 2.05) is 22.6 Å². The molecule has 0 saturated heterocycles. The maximum absolute atomic E-state index is 11.6. The zero-order chi connectivity index (χ0) is 13.3. The summed E-state index contributed by atoms with van der Waals surface area (Å²) in [5, 5.41) is 10.0. The Kier molecular flexibility index (Phi) is 9.44. The van der Waals surface area contributed by atoms with Gasteiger partial charge in [-0.15, -0.1) is 0 Å². The molecule has 98 valence electrons. The molecule has 0 aromatic heterocycles. The quantitative estimate of drug-likeness (QED) is 0.240. The number of unbranched alkanes of at least 4 members (excludes halogenated alkanes) is 2. The van der Waals surface area contributed by atoms with Crippen molar-refractivity contribution < 1.29 is 14.6 Å². The number of aliphatic hydroxyl groups excluding tert-OH is 1. The highest BCUT2D eigenvalue weighted by molar-refractivity contribution is 14.1. The molecule has 0 amide bonds. The van der Waals surface area contributed by atoms with E-state index in [1.54, 1.807) is 11.0 Å². The molecule has 0 unspecified atom stereocenters. The smallest absolute Gasteiger partial charge is 0.337 e. The van der Waals surface area contributed by atoms with Gasteiger partial charge < -0.3 is 9.84 Å². The first-order valence-electron chi connectivity index (χ1n) is 5.91. The molecule has 0 heterocycles. The average Bonchev–Trinajstić information content (AvgIpc) is 2.30. The Morgan fingerprint density at radius 3 is 2.59 bits per heavy atom. The van der Waals surface area contributed by atoms with Crippen LogP contribution in [0.2, 0.25) is 0 Å². The van der Waals surface area contributed by atoms with Crippen LogP contribution in [0.1, 0.15) is 39.5 Å². The fourth-order valence-electron chi connectivity index (χ4n) is 1.39. The molecule has 0 aliphatic heterocycles. The fourth-order valence-corrected chi connectivity index (χ4v) is 1.98. The molecule has 0 bridgehead atoms. The lowest BCUT2D eigenvalue weighted by molar-refractivity contribution is -0.139. The molecular formula is C13H21IO3. The molecule has 0 spiro atoms. The van der Waals surface area contributed by atoms with Gasteiger partial charge in [0.25, 0.3) is 0 Å². The van der Waals surface area contributed by atoms with Crippen LogP contribution >= 0.6 is 22.6 Å². The van der Waals surface area contributed by atoms with E-state index in [0.29, 0.717) is 12.2 Å². The van der Waals surface area contributed by atoms with Gasteiger partial charge in [-0.05, 0) is 29.4 Å². The van der Waals surface area contributed by atoms with Crippen molar-refractivity contribution >= 4 is 28.6 Å². The van der Waals surface area contributed by atoms with Gasteiger partial charge in [-0.3, -0.25) is 0 Å². The lowest BCUT2D eigenvalue weighted by atomic mass is 9.99. The lowest BCUT2D eigenvalue weighted by Crippen LogP contribution is -2.21. The molecule has 0 aliphatic carbocycles. The summed E-state index contributed by atoms with van der Waals surface area (Å²) in [6, 6.07) is 0. The average molecular weight is 352 g/mol. The molecule has 0 aromatic carbocycles. The summed E-state index contributed by atoms with van der Waals surface area (Å²) in [5.41, 5.74) is 0.948. The van der Waals surface area contributed by atoms with Crippen LogP contribution in [0.3, 0.4) is 0 Å². The molecule has 3 nitrogen and oxygen atoms in total. The van der Waals surface area contributed by atoms with Crippen molar-refractivity contribution in [3.05, 3.63) is 21.8 Å². The lowest BCUT2D eigenvalue weighted by Gasteiger charge is -2.15. The van der Waals surface area contributed by atoms with Gasteiger partial charge in [0, 0.05) is 0 Å². The van der Waals surface area contributed by atoms with Gasteiger partial charge in [0.05, 0.1) is 12.2 Å². The van der Waals surface area contributed by atoms with Crippen molar-refractivity contribution in [2.24, 2.45) is 0 Å². The van der Waals surface area contributed by atoms with E-state index >= 15 is 0 Å². The van der Waals surface area contributed by atoms with Crippen LogP contribution in [-0.4, -0.2) is 23.8 Å². The van der Waals surface area contributed by atoms with E-state index < -0.39 is 12.1 Å². The highest BCUT2D eigenvalue weighted by Crippen LogP contribution is 2.19. The Morgan fingerprint density at radius 2 is 2.12 bits per heavy atom. The van der Waals surface area contributed by atoms with Gasteiger partial charge in [-0.1, -0.05) is 48.9 Å². The first kappa shape index (κ1) is 16.6. The number of hydrogen-bond acceptors (Lipinski definition) is 3. The standard InChI is InChI=1S/C13H21IO3/c1-4-6-7-8-10(3)12(15)11(9-14)13(16)17-5-2/h9,12,15H,3-8H2,1-2H3/b11-9-/t12-/m1/s1. The molecule has 0 fully saturated rings. The normalized spacial score (nSPS) is 13.3. The Hall–Kier alpha value is -0.360. The Balaban J connectivity index is 4.38. The Morgan fingerprint density at radius 1 is 1.47 bits per heavy atom. The third-order valence-electron chi connectivity index (χ3n) is 2.41. The second-order valence-corrected chi connectivity index (χ2v) is 4.43. The summed E-state index contributed by atoms with van der Waals surface area (Å²) in [5.74, 6) is -0.467. The topological polar surface area (TPSA) is 46.5 Å². The van der Waals surface area contributed by atoms with Crippen molar-refractivity contribution in [3.63, 3.8) is 0 Å². The van der Waals surface area contributed by atoms with Gasteiger partial charge >= 0.3 is 5.97 Å². The highest BCUT2D eigenvalue weighted by atomic mass is 127. The second kappa shape index (κ2) is 9.65. The Labute approximate surface area is 117 Å². The van der Waals surface area contributed by atoms with Crippen LogP contribution in [0.15, 0.2) is 21.8 Å². The van der Waals surface area contributed by atoms with Gasteiger partial charge in [-0.25, -0.2) is 4.79 Å². The predicted octanol–water partition coefficient (Wildman–Crippen LogP) is 3.37. The molecule has 0 rings (SSSR count). The van der Waals surface area contributed by atoms with E-state index in [0.717, 1.165) is 25.7 Å². The molecule has 0 aromatic rings. The largest absolute Gasteiger partial charge is 0.463 e. The summed E-state index contributed by atoms with van der Waals surface area (Å²) in [6.45, 7) is 8.00. The number of carbonyl (C=O) groups is 1. The monoisotopic (exact) mass is 352 g/mol. The number of aliphatic hydroxyl groups is 1. The maximum atomic E-state index is 11.6. The fraction of sp³-hybridized carbons (Fsp3) is 0.615. The molecule has 17 heavy (non-hydrogen) atoms. The summed E-state index contributed by atoms with van der Waals surface area (Å²) >= 11 is 1.93. The number of esters is 1. The SMILES string of the molecule is C=C(CCCCC)[C@@H](O)/C(=C/I)C(=O)OCC. The highest BCUT2D eigenvalue weighted by Gasteiger charge is 2.21. The molecule has 0 radical (unpaired) electrons. The van der Waals surface area contributed by atoms with Crippen LogP contribution in [0, 0.1) is 0 Å². The number of hydrogen-bond donors (Lipinski definition) is 1. The van der Waals surface area contributed by atoms with E-state index in [9.17, 15) is 9.90 Å². The Bertz CT molecular complexity index is 284. The maximum Gasteiger partial charge on any atom is 0.337 e. The predicted molar refractivity (Wildman–Crippen MR) is 78.0 cm³/mol. The van der Waals surface area contributed by atoms with Crippen molar-refractivity contribution in [3.8, 4) is 0 Å². The zero-order valence-electron chi connectivity index (χ0n) is 10.5. The van der Waals surface area contributed by atoms with E-state index in [4.69, 9.17) is 4.74 Å². The minimum Gasteiger partial charge on any atom is -0.463 e. The van der Waals surface area contributed by atoms with Crippen molar-refractivity contribution in [1.29, 1.82) is 0 Å². The minimum absolute atomic E-state index is 0.272. The summed E-state index contributed by atoms with van der Waals surface area (Å²) < 4.78 is 6.44. The second-order valence-electron chi connectivity index (χ2n) is 3.80. The summed E-state index contributed by atoms with van der Waals surface area (Å²) in [7, 11) is 0. The van der Waals surface area contributed by atoms with Crippen molar-refractivity contribution in [2.45, 2.75) is 45.6 Å². The van der Waals surface area contributed by atoms with Crippen molar-refractivity contribution in [1.82, 2.24) is 0 Å². The van der Waals surface area contributed by atoms with E-state index in [-0.39, 0.29) is 5.57 Å². The molecular weight excluding hydrogens is 331 g/mol. The van der Waals surface area contributed by atoms with Crippen LogP contribution in [0.5, 0.6) is 0 Å². The number of ether oxygens (including phenoxy) is 1. The van der Waals surface area contributed by atoms with E-state index in [2.05, 4.69) is 13.5 Å². The number of rotatable bonds is 8. The van der Waals surface area contributed by atoms with E-state index in [1.165, 1.54) is 0 Å². The summed E-state index contributed by atoms with van der Waals surface area (Å²) in [6.07, 6.45) is 3.04. The number of carbonyl (C=O) groups excluding carboxylic acids is 1. The molecule has 1 N–H and O–H groups in total. The van der Waals surface area contributed by atoms with Crippen LogP contribution in [0.25, 0.3) is 0 Å².